The van der Waals surface area contributed by atoms with Gasteiger partial charge in [0, 0.05) is 41.0 Å². The number of fused-ring (bicyclic) bond motifs is 2. The second-order valence-electron chi connectivity index (χ2n) is 11.2. The fraction of sp³-hybridized carbons (Fsp3) is 0.750. The Morgan fingerprint density at radius 2 is 1.05 bits per heavy atom. The van der Waals surface area contributed by atoms with Gasteiger partial charge >= 0.3 is 14.4 Å². The van der Waals surface area contributed by atoms with E-state index in [2.05, 4.69) is 39.8 Å². The topological polar surface area (TPSA) is 46.2 Å². The molecule has 0 atom stereocenters. The van der Waals surface area contributed by atoms with Crippen molar-refractivity contribution in [2.75, 3.05) is 26.4 Å². The zero-order valence-corrected chi connectivity index (χ0v) is 27.9. The molecule has 0 bridgehead atoms. The van der Waals surface area contributed by atoms with Crippen LogP contribution < -0.4 is 9.43 Å². The van der Waals surface area contributed by atoms with Gasteiger partial charge in [0.25, 0.3) is 0 Å². The summed E-state index contributed by atoms with van der Waals surface area (Å²) < 4.78 is 30.6. The largest absolute Gasteiger partial charge is 0.713 e. The molecule has 41 heavy (non-hydrogen) atoms. The standard InChI is InChI=1S/C16H27BO3S.C16H27BO2S/c1-3-5-11-18-17(19-12-6-4-2)20-16-13-14-9-7-8-10-15(14)21-16;1-3-5-11-18-17(19-12-6-4-2)16-13-14-9-7-8-10-15(14)20-16/h13H,3-12H2,1-2H3;13H,3-12H2,1-2H3. The minimum atomic E-state index is -0.553. The van der Waals surface area contributed by atoms with E-state index in [0.29, 0.717) is 13.2 Å². The van der Waals surface area contributed by atoms with Crippen molar-refractivity contribution in [3.63, 3.8) is 0 Å². The molecule has 2 heterocycles. The van der Waals surface area contributed by atoms with Gasteiger partial charge in [-0.1, -0.05) is 53.4 Å². The average Bonchev–Trinajstić information content (AvgIpc) is 3.61. The first-order valence-corrected chi connectivity index (χ1v) is 18.2. The Morgan fingerprint density at radius 1 is 0.585 bits per heavy atom. The third-order valence-electron chi connectivity index (χ3n) is 7.47. The summed E-state index contributed by atoms with van der Waals surface area (Å²) in [5.74, 6) is 0. The van der Waals surface area contributed by atoms with Gasteiger partial charge in [-0.05, 0) is 100 Å². The van der Waals surface area contributed by atoms with Gasteiger partial charge < -0.3 is 23.3 Å². The molecule has 0 spiro atoms. The predicted octanol–water partition coefficient (Wildman–Crippen LogP) is 8.58. The van der Waals surface area contributed by atoms with Crippen molar-refractivity contribution >= 4 is 41.9 Å². The molecule has 5 nitrogen and oxygen atoms in total. The van der Waals surface area contributed by atoms with Crippen molar-refractivity contribution < 1.29 is 23.3 Å². The predicted molar refractivity (Wildman–Crippen MR) is 177 cm³/mol. The van der Waals surface area contributed by atoms with Gasteiger partial charge in [0.1, 0.15) is 0 Å². The Labute approximate surface area is 259 Å². The summed E-state index contributed by atoms with van der Waals surface area (Å²) in [5.41, 5.74) is 3.00. The van der Waals surface area contributed by atoms with E-state index in [4.69, 9.17) is 23.3 Å². The summed E-state index contributed by atoms with van der Waals surface area (Å²) in [6.07, 6.45) is 19.0. The lowest BCUT2D eigenvalue weighted by atomic mass is 9.85. The monoisotopic (exact) mass is 604 g/mol. The van der Waals surface area contributed by atoms with Crippen LogP contribution >= 0.6 is 22.7 Å². The van der Waals surface area contributed by atoms with Crippen molar-refractivity contribution in [1.29, 1.82) is 0 Å². The first-order valence-electron chi connectivity index (χ1n) is 16.5. The van der Waals surface area contributed by atoms with Gasteiger partial charge in [-0.25, -0.2) is 0 Å². The van der Waals surface area contributed by atoms with Crippen LogP contribution in [0.3, 0.4) is 0 Å². The minimum absolute atomic E-state index is 0.135. The fourth-order valence-electron chi connectivity index (χ4n) is 4.89. The molecule has 0 unspecified atom stereocenters. The van der Waals surface area contributed by atoms with Crippen LogP contribution in [0.1, 0.15) is 126 Å². The Morgan fingerprint density at radius 3 is 1.54 bits per heavy atom. The van der Waals surface area contributed by atoms with E-state index in [-0.39, 0.29) is 7.12 Å². The van der Waals surface area contributed by atoms with Gasteiger partial charge in [0.2, 0.25) is 0 Å². The highest BCUT2D eigenvalue weighted by Crippen LogP contribution is 2.34. The Balaban J connectivity index is 0.000000226. The molecule has 0 N–H and O–H groups in total. The summed E-state index contributed by atoms with van der Waals surface area (Å²) in [5, 5.41) is 0.944. The number of rotatable bonds is 19. The van der Waals surface area contributed by atoms with Crippen molar-refractivity contribution in [3.05, 3.63) is 33.0 Å². The fourth-order valence-corrected chi connectivity index (χ4v) is 7.26. The second-order valence-corrected chi connectivity index (χ2v) is 13.4. The number of aryl methyl sites for hydroxylation is 4. The third-order valence-corrected chi connectivity index (χ3v) is 9.86. The van der Waals surface area contributed by atoms with Crippen LogP contribution in [0.5, 0.6) is 5.06 Å². The maximum atomic E-state index is 5.98. The molecular weight excluding hydrogens is 550 g/mol. The Bertz CT molecular complexity index is 884. The van der Waals surface area contributed by atoms with Crippen LogP contribution in [0, 0.1) is 0 Å². The molecule has 0 aliphatic heterocycles. The van der Waals surface area contributed by atoms with E-state index in [1.165, 1.54) is 79.4 Å². The zero-order valence-electron chi connectivity index (χ0n) is 26.3. The van der Waals surface area contributed by atoms with E-state index in [9.17, 15) is 0 Å². The molecule has 2 aliphatic carbocycles. The SMILES string of the molecule is CCCCOB(OCCCC)Oc1cc2c(s1)CCCC2.CCCCOB(OCCCC)c1cc2c(s1)CCCC2. The minimum Gasteiger partial charge on any atom is -0.504 e. The maximum Gasteiger partial charge on any atom is 0.713 e. The molecule has 4 rings (SSSR count). The lowest BCUT2D eigenvalue weighted by Gasteiger charge is -2.13. The van der Waals surface area contributed by atoms with Crippen molar-refractivity contribution in [2.24, 2.45) is 0 Å². The van der Waals surface area contributed by atoms with Crippen LogP contribution in [0.25, 0.3) is 0 Å². The van der Waals surface area contributed by atoms with E-state index in [0.717, 1.165) is 56.8 Å². The van der Waals surface area contributed by atoms with Gasteiger partial charge in [0.05, 0.1) is 0 Å². The first kappa shape index (κ1) is 34.7. The molecule has 9 heteroatoms. The molecule has 0 saturated carbocycles. The third kappa shape index (κ3) is 12.7. The zero-order chi connectivity index (χ0) is 29.1. The highest BCUT2D eigenvalue weighted by Gasteiger charge is 2.27. The molecule has 0 aromatic carbocycles. The lowest BCUT2D eigenvalue weighted by Crippen LogP contribution is -2.35. The van der Waals surface area contributed by atoms with Crippen molar-refractivity contribution in [3.8, 4) is 5.06 Å². The van der Waals surface area contributed by atoms with Gasteiger partial charge in [-0.3, -0.25) is 0 Å². The number of unbranched alkanes of at least 4 members (excludes halogenated alkanes) is 4. The number of hydrogen-bond acceptors (Lipinski definition) is 7. The van der Waals surface area contributed by atoms with Gasteiger partial charge in [0.15, 0.2) is 5.06 Å². The summed E-state index contributed by atoms with van der Waals surface area (Å²) >= 11 is 3.67. The summed E-state index contributed by atoms with van der Waals surface area (Å²) in [4.78, 5) is 3.05. The van der Waals surface area contributed by atoms with Crippen LogP contribution in [0.4, 0.5) is 0 Å². The van der Waals surface area contributed by atoms with E-state index in [1.54, 1.807) is 21.8 Å². The quantitative estimate of drug-likeness (QED) is 0.119. The molecule has 230 valence electrons. The summed E-state index contributed by atoms with van der Waals surface area (Å²) in [7, 11) is -0.688. The lowest BCUT2D eigenvalue weighted by molar-refractivity contribution is 0.138. The normalized spacial score (nSPS) is 14.1. The molecule has 0 saturated heterocycles. The highest BCUT2D eigenvalue weighted by atomic mass is 32.1. The number of thiophene rings is 2. The summed E-state index contributed by atoms with van der Waals surface area (Å²) in [6.45, 7) is 11.7. The van der Waals surface area contributed by atoms with Crippen LogP contribution in [-0.4, -0.2) is 40.9 Å². The molecule has 0 fully saturated rings. The Kier molecular flexibility index (Phi) is 17.7. The molecular formula is C32H54B2O5S2. The maximum absolute atomic E-state index is 5.98. The smallest absolute Gasteiger partial charge is 0.504 e. The first-order chi connectivity index (χ1) is 20.2. The molecule has 2 aromatic rings. The van der Waals surface area contributed by atoms with E-state index >= 15 is 0 Å². The average molecular weight is 605 g/mol. The Hall–Kier alpha value is -0.830. The van der Waals surface area contributed by atoms with Crippen LogP contribution in [0.15, 0.2) is 12.1 Å². The summed E-state index contributed by atoms with van der Waals surface area (Å²) in [6, 6.07) is 4.51. The van der Waals surface area contributed by atoms with E-state index in [1.807, 2.05) is 11.3 Å². The van der Waals surface area contributed by atoms with Gasteiger partial charge in [-0.2, -0.15) is 0 Å². The molecule has 0 radical (unpaired) electrons. The molecule has 2 aliphatic rings. The van der Waals surface area contributed by atoms with Crippen LogP contribution in [-0.2, 0) is 44.3 Å². The van der Waals surface area contributed by atoms with Crippen LogP contribution in [0.2, 0.25) is 0 Å². The molecule has 2 aromatic heterocycles. The second kappa shape index (κ2) is 21.0. The van der Waals surface area contributed by atoms with Gasteiger partial charge in [-0.15, -0.1) is 22.7 Å². The van der Waals surface area contributed by atoms with Crippen molar-refractivity contribution in [1.82, 2.24) is 0 Å². The molecule has 0 amide bonds. The number of hydrogen-bond donors (Lipinski definition) is 0. The van der Waals surface area contributed by atoms with E-state index < -0.39 is 7.32 Å². The highest BCUT2D eigenvalue weighted by molar-refractivity contribution is 7.22. The van der Waals surface area contributed by atoms with Crippen molar-refractivity contribution in [2.45, 2.75) is 130 Å².